The Morgan fingerprint density at radius 3 is 2.62 bits per heavy atom. The van der Waals surface area contributed by atoms with Gasteiger partial charge in [0, 0.05) is 54.5 Å². The fourth-order valence-corrected chi connectivity index (χ4v) is 6.53. The summed E-state index contributed by atoms with van der Waals surface area (Å²) in [6, 6.07) is 3.76. The van der Waals surface area contributed by atoms with Gasteiger partial charge in [0.2, 0.25) is 5.95 Å². The predicted molar refractivity (Wildman–Crippen MR) is 151 cm³/mol. The third kappa shape index (κ3) is 5.62. The molecule has 0 aliphatic carbocycles. The van der Waals surface area contributed by atoms with Crippen LogP contribution in [0, 0.1) is 5.92 Å². The molecule has 12 heteroatoms. The van der Waals surface area contributed by atoms with Crippen molar-refractivity contribution in [3.63, 3.8) is 0 Å². The molecule has 5 heterocycles. The number of alkyl halides is 1. The molecule has 0 aromatic carbocycles. The molecule has 2 aliphatic heterocycles. The molecular weight excluding hydrogens is 521 g/mol. The number of aliphatic hydroxyl groups is 1. The highest BCUT2D eigenvalue weighted by Gasteiger charge is 2.39. The molecule has 0 spiro atoms. The molecule has 2 fully saturated rings. The molecule has 2 saturated heterocycles. The SMILES string of the molecule is CC(C)c1ncc(N2C[C@H](CS(C)(=O)=O)[C@H]2C)c2cnc(Nc3ccnc(N4CC[C@@](C)(O)[C@@H](F)C4)n3)cc12. The molecule has 0 unspecified atom stereocenters. The largest absolute Gasteiger partial charge is 0.387 e. The first-order chi connectivity index (χ1) is 18.3. The van der Waals surface area contributed by atoms with Crippen molar-refractivity contribution in [3.8, 4) is 0 Å². The highest BCUT2D eigenvalue weighted by atomic mass is 32.2. The van der Waals surface area contributed by atoms with Gasteiger partial charge in [-0.05, 0) is 38.3 Å². The first-order valence-corrected chi connectivity index (χ1v) is 15.3. The van der Waals surface area contributed by atoms with Gasteiger partial charge in [-0.3, -0.25) is 4.98 Å². The fourth-order valence-electron chi connectivity index (χ4n) is 5.37. The average molecular weight is 558 g/mol. The smallest absolute Gasteiger partial charge is 0.227 e. The highest BCUT2D eigenvalue weighted by molar-refractivity contribution is 7.90. The zero-order valence-corrected chi connectivity index (χ0v) is 23.8. The molecule has 5 rings (SSSR count). The minimum absolute atomic E-state index is 0.0246. The van der Waals surface area contributed by atoms with Crippen LogP contribution >= 0.6 is 0 Å². The lowest BCUT2D eigenvalue weighted by molar-refractivity contribution is -0.0332. The molecule has 0 saturated carbocycles. The van der Waals surface area contributed by atoms with Crippen LogP contribution in [-0.2, 0) is 9.84 Å². The van der Waals surface area contributed by atoms with Gasteiger partial charge >= 0.3 is 0 Å². The summed E-state index contributed by atoms with van der Waals surface area (Å²) in [4.78, 5) is 22.2. The van der Waals surface area contributed by atoms with E-state index in [-0.39, 0.29) is 30.2 Å². The van der Waals surface area contributed by atoms with E-state index in [2.05, 4.69) is 39.0 Å². The first kappa shape index (κ1) is 27.4. The number of anilines is 4. The van der Waals surface area contributed by atoms with E-state index in [4.69, 9.17) is 4.98 Å². The lowest BCUT2D eigenvalue weighted by atomic mass is 9.90. The van der Waals surface area contributed by atoms with Crippen molar-refractivity contribution in [2.24, 2.45) is 5.92 Å². The van der Waals surface area contributed by atoms with Crippen LogP contribution in [0.4, 0.5) is 27.7 Å². The summed E-state index contributed by atoms with van der Waals surface area (Å²) >= 11 is 0. The number of sulfone groups is 1. The minimum atomic E-state index is -3.04. The second-order valence-electron chi connectivity index (χ2n) is 11.4. The Morgan fingerprint density at radius 2 is 1.95 bits per heavy atom. The Morgan fingerprint density at radius 1 is 1.18 bits per heavy atom. The summed E-state index contributed by atoms with van der Waals surface area (Å²) in [6.45, 7) is 8.88. The standard InChI is InChI=1S/C27H36FN7O3S/c1-16(2)25-19-10-24(32-23-6-8-29-26(33-23)34-9-7-27(4,36)22(28)14-34)30-11-20(19)21(12-31-25)35-13-18(17(35)3)15-39(5,37)38/h6,8,10-12,16-18,22,36H,7,9,13-15H2,1-5H3,(H,29,30,32,33)/t17-,18-,22+,27-/m1/s1. The number of nitrogens with one attached hydrogen (secondary N) is 1. The van der Waals surface area contributed by atoms with Gasteiger partial charge in [-0.2, -0.15) is 4.98 Å². The Kier molecular flexibility index (Phi) is 7.13. The number of nitrogens with zero attached hydrogens (tertiary/aromatic N) is 6. The summed E-state index contributed by atoms with van der Waals surface area (Å²) in [7, 11) is -3.04. The second kappa shape index (κ2) is 10.1. The Balaban J connectivity index is 1.40. The predicted octanol–water partition coefficient (Wildman–Crippen LogP) is 3.46. The van der Waals surface area contributed by atoms with Gasteiger partial charge in [0.25, 0.3) is 0 Å². The summed E-state index contributed by atoms with van der Waals surface area (Å²) in [5.41, 5.74) is 0.541. The minimum Gasteiger partial charge on any atom is -0.387 e. The molecule has 3 aromatic rings. The van der Waals surface area contributed by atoms with Gasteiger partial charge in [0.1, 0.15) is 27.6 Å². The molecule has 0 bridgehead atoms. The van der Waals surface area contributed by atoms with E-state index in [1.807, 2.05) is 25.4 Å². The van der Waals surface area contributed by atoms with Crippen molar-refractivity contribution in [2.45, 2.75) is 57.8 Å². The molecule has 3 aromatic heterocycles. The summed E-state index contributed by atoms with van der Waals surface area (Å²) in [5.74, 6) is 1.94. The molecule has 10 nitrogen and oxygen atoms in total. The average Bonchev–Trinajstić information content (AvgIpc) is 2.86. The molecule has 2 aliphatic rings. The molecule has 210 valence electrons. The lowest BCUT2D eigenvalue weighted by Gasteiger charge is -2.48. The normalized spacial score (nSPS) is 25.7. The maximum Gasteiger partial charge on any atom is 0.227 e. The van der Waals surface area contributed by atoms with Gasteiger partial charge in [-0.15, -0.1) is 0 Å². The molecule has 0 amide bonds. The number of hydrogen-bond acceptors (Lipinski definition) is 10. The number of hydrogen-bond donors (Lipinski definition) is 2. The van der Waals surface area contributed by atoms with Crippen molar-refractivity contribution in [3.05, 3.63) is 36.4 Å². The molecule has 4 atom stereocenters. The Bertz CT molecular complexity index is 1480. The third-order valence-corrected chi connectivity index (χ3v) is 8.92. The van der Waals surface area contributed by atoms with Gasteiger partial charge in [-0.1, -0.05) is 13.8 Å². The number of piperidine rings is 1. The van der Waals surface area contributed by atoms with E-state index in [0.717, 1.165) is 22.2 Å². The van der Waals surface area contributed by atoms with Crippen LogP contribution in [0.2, 0.25) is 0 Å². The van der Waals surface area contributed by atoms with E-state index in [1.54, 1.807) is 17.2 Å². The van der Waals surface area contributed by atoms with Crippen LogP contribution in [0.15, 0.2) is 30.7 Å². The van der Waals surface area contributed by atoms with E-state index in [0.29, 0.717) is 37.1 Å². The summed E-state index contributed by atoms with van der Waals surface area (Å²) < 4.78 is 38.0. The Labute approximate surface area is 228 Å². The van der Waals surface area contributed by atoms with Crippen LogP contribution in [-0.4, -0.2) is 82.9 Å². The maximum atomic E-state index is 14.4. The van der Waals surface area contributed by atoms with Crippen LogP contribution in [0.3, 0.4) is 0 Å². The van der Waals surface area contributed by atoms with Crippen LogP contribution in [0.1, 0.15) is 45.7 Å². The summed E-state index contributed by atoms with van der Waals surface area (Å²) in [6.07, 6.45) is 5.48. The van der Waals surface area contributed by atoms with Crippen molar-refractivity contribution in [1.82, 2.24) is 19.9 Å². The molecule has 0 radical (unpaired) electrons. The van der Waals surface area contributed by atoms with E-state index >= 15 is 0 Å². The molecule has 39 heavy (non-hydrogen) atoms. The van der Waals surface area contributed by atoms with E-state index in [9.17, 15) is 17.9 Å². The van der Waals surface area contributed by atoms with E-state index < -0.39 is 21.6 Å². The van der Waals surface area contributed by atoms with Crippen molar-refractivity contribution >= 4 is 43.9 Å². The van der Waals surface area contributed by atoms with Crippen LogP contribution in [0.25, 0.3) is 10.8 Å². The van der Waals surface area contributed by atoms with Gasteiger partial charge < -0.3 is 20.2 Å². The third-order valence-electron chi connectivity index (χ3n) is 7.89. The zero-order valence-electron chi connectivity index (χ0n) is 23.0. The fraction of sp³-hybridized carbons (Fsp3) is 0.556. The highest BCUT2D eigenvalue weighted by Crippen LogP contribution is 2.38. The number of pyridine rings is 2. The van der Waals surface area contributed by atoms with Crippen molar-refractivity contribution in [2.75, 3.05) is 46.8 Å². The van der Waals surface area contributed by atoms with Gasteiger partial charge in [0.05, 0.1) is 35.5 Å². The zero-order chi connectivity index (χ0) is 28.1. The maximum absolute atomic E-state index is 14.4. The van der Waals surface area contributed by atoms with Gasteiger partial charge in [-0.25, -0.2) is 22.8 Å². The Hall–Kier alpha value is -3.12. The number of fused-ring (bicyclic) bond motifs is 1. The van der Waals surface area contributed by atoms with Gasteiger partial charge in [0.15, 0.2) is 0 Å². The van der Waals surface area contributed by atoms with Crippen LogP contribution in [0.5, 0.6) is 0 Å². The molecule has 2 N–H and O–H groups in total. The quantitative estimate of drug-likeness (QED) is 0.446. The molecular formula is C27H36FN7O3S. The number of aromatic nitrogens is 4. The van der Waals surface area contributed by atoms with Crippen molar-refractivity contribution in [1.29, 1.82) is 0 Å². The lowest BCUT2D eigenvalue weighted by Crippen LogP contribution is -2.57. The second-order valence-corrected chi connectivity index (χ2v) is 13.6. The number of rotatable bonds is 7. The monoisotopic (exact) mass is 557 g/mol. The topological polar surface area (TPSA) is 124 Å². The number of halogens is 1. The van der Waals surface area contributed by atoms with Crippen molar-refractivity contribution < 1.29 is 17.9 Å². The summed E-state index contributed by atoms with van der Waals surface area (Å²) in [5, 5.41) is 15.3. The first-order valence-electron chi connectivity index (χ1n) is 13.3. The van der Waals surface area contributed by atoms with E-state index in [1.165, 1.54) is 13.2 Å². The van der Waals surface area contributed by atoms with Crippen LogP contribution < -0.4 is 15.1 Å².